The van der Waals surface area contributed by atoms with Gasteiger partial charge in [-0.15, -0.1) is 18.3 Å². The number of aliphatic imine (C=N–C) groups is 1. The van der Waals surface area contributed by atoms with Crippen molar-refractivity contribution in [3.8, 4) is 0 Å². The summed E-state index contributed by atoms with van der Waals surface area (Å²) in [5, 5.41) is 0.865. The van der Waals surface area contributed by atoms with Crippen molar-refractivity contribution < 1.29 is 9.53 Å². The molecule has 0 saturated carbocycles. The van der Waals surface area contributed by atoms with Crippen LogP contribution in [0, 0.1) is 0 Å². The van der Waals surface area contributed by atoms with E-state index < -0.39 is 5.54 Å². The predicted molar refractivity (Wildman–Crippen MR) is 99.6 cm³/mol. The quantitative estimate of drug-likeness (QED) is 0.610. The summed E-state index contributed by atoms with van der Waals surface area (Å²) in [5.74, 6) is -0.0234. The van der Waals surface area contributed by atoms with Crippen LogP contribution in [0.1, 0.15) is 17.0 Å². The summed E-state index contributed by atoms with van der Waals surface area (Å²) in [6.45, 7) is 3.96. The van der Waals surface area contributed by atoms with Gasteiger partial charge in [-0.2, -0.15) is 0 Å². The number of hydrogen-bond donors (Lipinski definition) is 0. The molecule has 0 N–H and O–H groups in total. The molecule has 2 aromatic rings. The van der Waals surface area contributed by atoms with E-state index in [0.717, 1.165) is 16.2 Å². The number of ether oxygens (including phenoxy) is 1. The first-order valence-corrected chi connectivity index (χ1v) is 8.74. The lowest BCUT2D eigenvalue weighted by Crippen LogP contribution is -2.44. The molecule has 2 atom stereocenters. The van der Waals surface area contributed by atoms with Crippen LogP contribution in [-0.4, -0.2) is 29.4 Å². The Morgan fingerprint density at radius 3 is 2.42 bits per heavy atom. The molecule has 1 aliphatic heterocycles. The number of methoxy groups -OCH3 is 1. The first kappa shape index (κ1) is 16.5. The van der Waals surface area contributed by atoms with Gasteiger partial charge in [0.25, 0.3) is 0 Å². The van der Waals surface area contributed by atoms with Gasteiger partial charge >= 0.3 is 5.97 Å². The Balaban J connectivity index is 2.08. The molecule has 1 heterocycles. The minimum absolute atomic E-state index is 0.236. The van der Waals surface area contributed by atoms with E-state index in [9.17, 15) is 4.79 Å². The fraction of sp³-hybridized carbons (Fsp3) is 0.200. The Morgan fingerprint density at radius 2 is 1.83 bits per heavy atom. The summed E-state index contributed by atoms with van der Waals surface area (Å²) in [7, 11) is 1.41. The van der Waals surface area contributed by atoms with Gasteiger partial charge in [0.05, 0.1) is 12.2 Å². The molecule has 24 heavy (non-hydrogen) atoms. The molecule has 122 valence electrons. The van der Waals surface area contributed by atoms with Gasteiger partial charge in [-0.3, -0.25) is 4.99 Å². The molecule has 2 aromatic carbocycles. The van der Waals surface area contributed by atoms with Crippen LogP contribution in [0.2, 0.25) is 0 Å². The second kappa shape index (κ2) is 7.05. The van der Waals surface area contributed by atoms with E-state index in [1.165, 1.54) is 7.11 Å². The number of carbonyl (C=O) groups excluding carboxylic acids is 1. The number of hydrogen-bond acceptors (Lipinski definition) is 4. The van der Waals surface area contributed by atoms with Gasteiger partial charge in [-0.25, -0.2) is 4.79 Å². The SMILES string of the molecule is C=C[C@@H](c1ccccc1)[C@@]1(C(=O)OC)CSC(c2ccccc2)=N1. The minimum Gasteiger partial charge on any atom is -0.467 e. The number of nitrogens with zero attached hydrogens (tertiary/aromatic N) is 1. The highest BCUT2D eigenvalue weighted by molar-refractivity contribution is 8.14. The van der Waals surface area contributed by atoms with E-state index in [-0.39, 0.29) is 11.9 Å². The molecule has 0 unspecified atom stereocenters. The minimum atomic E-state index is -0.978. The van der Waals surface area contributed by atoms with Crippen molar-refractivity contribution in [3.05, 3.63) is 84.4 Å². The Hall–Kier alpha value is -2.33. The van der Waals surface area contributed by atoms with Crippen LogP contribution >= 0.6 is 11.8 Å². The van der Waals surface area contributed by atoms with E-state index in [2.05, 4.69) is 6.58 Å². The standard InChI is InChI=1S/C20H19NO2S/c1-3-17(15-10-6-4-7-11-15)20(19(22)23-2)14-24-18(21-20)16-12-8-5-9-13-16/h3-13,17H,1,14H2,2H3/t17-,20+/m0/s1. The van der Waals surface area contributed by atoms with E-state index in [4.69, 9.17) is 9.73 Å². The third-order valence-electron chi connectivity index (χ3n) is 4.20. The van der Waals surface area contributed by atoms with Crippen molar-refractivity contribution in [3.63, 3.8) is 0 Å². The van der Waals surface area contributed by atoms with Gasteiger partial charge in [-0.1, -0.05) is 66.7 Å². The number of rotatable bonds is 5. The van der Waals surface area contributed by atoms with Crippen LogP contribution in [0.3, 0.4) is 0 Å². The van der Waals surface area contributed by atoms with Crippen molar-refractivity contribution in [2.75, 3.05) is 12.9 Å². The second-order valence-corrected chi connectivity index (χ2v) is 6.58. The van der Waals surface area contributed by atoms with E-state index in [1.807, 2.05) is 60.7 Å². The van der Waals surface area contributed by atoms with Gasteiger partial charge in [0.2, 0.25) is 0 Å². The van der Waals surface area contributed by atoms with Crippen molar-refractivity contribution in [1.82, 2.24) is 0 Å². The highest BCUT2D eigenvalue weighted by Gasteiger charge is 2.50. The third kappa shape index (κ3) is 2.89. The molecular weight excluding hydrogens is 318 g/mol. The number of thioether (sulfide) groups is 1. The largest absolute Gasteiger partial charge is 0.467 e. The van der Waals surface area contributed by atoms with E-state index in [1.54, 1.807) is 17.8 Å². The Bertz CT molecular complexity index is 758. The molecule has 1 aliphatic rings. The highest BCUT2D eigenvalue weighted by atomic mass is 32.2. The summed E-state index contributed by atoms with van der Waals surface area (Å²) in [6, 6.07) is 19.8. The number of carbonyl (C=O) groups is 1. The van der Waals surface area contributed by atoms with E-state index >= 15 is 0 Å². The summed E-state index contributed by atoms with van der Waals surface area (Å²) >= 11 is 1.59. The lowest BCUT2D eigenvalue weighted by Gasteiger charge is -2.30. The molecule has 3 rings (SSSR count). The lowest BCUT2D eigenvalue weighted by molar-refractivity contribution is -0.146. The fourth-order valence-corrected chi connectivity index (χ4v) is 4.24. The second-order valence-electron chi connectivity index (χ2n) is 5.61. The monoisotopic (exact) mass is 337 g/mol. The van der Waals surface area contributed by atoms with Crippen LogP contribution in [0.25, 0.3) is 0 Å². The van der Waals surface area contributed by atoms with Gasteiger partial charge in [0, 0.05) is 17.2 Å². The first-order valence-electron chi connectivity index (χ1n) is 7.75. The van der Waals surface area contributed by atoms with Gasteiger partial charge in [0.1, 0.15) is 0 Å². The summed E-state index contributed by atoms with van der Waals surface area (Å²) in [5.41, 5.74) is 1.05. The topological polar surface area (TPSA) is 38.7 Å². The molecule has 0 aliphatic carbocycles. The van der Waals surface area contributed by atoms with E-state index in [0.29, 0.717) is 5.75 Å². The molecule has 0 saturated heterocycles. The van der Waals surface area contributed by atoms with Crippen molar-refractivity contribution in [2.45, 2.75) is 11.5 Å². The average molecular weight is 337 g/mol. The molecule has 0 amide bonds. The van der Waals surface area contributed by atoms with Gasteiger partial charge in [-0.05, 0) is 5.56 Å². The average Bonchev–Trinajstić information content (AvgIpc) is 3.09. The maximum atomic E-state index is 12.7. The highest BCUT2D eigenvalue weighted by Crippen LogP contribution is 2.42. The fourth-order valence-electron chi connectivity index (χ4n) is 2.99. The zero-order valence-corrected chi connectivity index (χ0v) is 14.3. The normalized spacial score (nSPS) is 21.0. The van der Waals surface area contributed by atoms with Crippen LogP contribution in [-0.2, 0) is 9.53 Å². The molecule has 3 nitrogen and oxygen atoms in total. The maximum Gasteiger partial charge on any atom is 0.335 e. The zero-order valence-electron chi connectivity index (χ0n) is 13.5. The molecular formula is C20H19NO2S. The van der Waals surface area contributed by atoms with Crippen molar-refractivity contribution >= 4 is 22.8 Å². The predicted octanol–water partition coefficient (Wildman–Crippen LogP) is 4.06. The molecule has 0 radical (unpaired) electrons. The van der Waals surface area contributed by atoms with Crippen LogP contribution < -0.4 is 0 Å². The van der Waals surface area contributed by atoms with Crippen LogP contribution in [0.15, 0.2) is 78.3 Å². The Morgan fingerprint density at radius 1 is 1.21 bits per heavy atom. The van der Waals surface area contributed by atoms with Gasteiger partial charge < -0.3 is 4.74 Å². The summed E-state index contributed by atoms with van der Waals surface area (Å²) in [6.07, 6.45) is 1.80. The Labute approximate surface area is 146 Å². The van der Waals surface area contributed by atoms with Crippen molar-refractivity contribution in [1.29, 1.82) is 0 Å². The summed E-state index contributed by atoms with van der Waals surface area (Å²) in [4.78, 5) is 17.5. The lowest BCUT2D eigenvalue weighted by atomic mass is 9.80. The molecule has 0 fully saturated rings. The zero-order chi connectivity index (χ0) is 17.0. The molecule has 4 heteroatoms. The molecule has 0 aromatic heterocycles. The van der Waals surface area contributed by atoms with Crippen molar-refractivity contribution in [2.24, 2.45) is 4.99 Å². The summed E-state index contributed by atoms with van der Waals surface area (Å²) < 4.78 is 5.12. The van der Waals surface area contributed by atoms with Gasteiger partial charge in [0.15, 0.2) is 5.54 Å². The third-order valence-corrected chi connectivity index (χ3v) is 5.38. The maximum absolute atomic E-state index is 12.7. The molecule has 0 spiro atoms. The van der Waals surface area contributed by atoms with Crippen LogP contribution in [0.5, 0.6) is 0 Å². The smallest absolute Gasteiger partial charge is 0.335 e. The number of benzene rings is 2. The van der Waals surface area contributed by atoms with Crippen LogP contribution in [0.4, 0.5) is 0 Å². The first-order chi connectivity index (χ1) is 11.7. The Kier molecular flexibility index (Phi) is 4.86. The number of esters is 1. The molecule has 0 bridgehead atoms.